The van der Waals surface area contributed by atoms with Crippen LogP contribution in [0, 0.1) is 5.92 Å². The summed E-state index contributed by atoms with van der Waals surface area (Å²) in [6.07, 6.45) is 4.92. The van der Waals surface area contributed by atoms with Crippen LogP contribution in [-0.2, 0) is 11.3 Å². The van der Waals surface area contributed by atoms with Crippen molar-refractivity contribution in [1.82, 2.24) is 19.5 Å². The number of nitrogens with two attached hydrogens (primary N) is 1. The van der Waals surface area contributed by atoms with Crippen LogP contribution in [0.5, 0.6) is 6.01 Å². The molecule has 1 aliphatic rings. The van der Waals surface area contributed by atoms with Crippen molar-refractivity contribution in [2.45, 2.75) is 58.6 Å². The van der Waals surface area contributed by atoms with E-state index in [1.807, 2.05) is 6.92 Å². The molecule has 1 unspecified atom stereocenters. The highest BCUT2D eigenvalue weighted by molar-refractivity contribution is 5.81. The van der Waals surface area contributed by atoms with E-state index in [0.717, 1.165) is 45.3 Å². The molecule has 2 aromatic heterocycles. The molecule has 3 rings (SSSR count). The van der Waals surface area contributed by atoms with Crippen LogP contribution in [0.4, 0.5) is 5.82 Å². The zero-order valence-corrected chi connectivity index (χ0v) is 15.0. The van der Waals surface area contributed by atoms with E-state index < -0.39 is 0 Å². The molecule has 0 aliphatic carbocycles. The van der Waals surface area contributed by atoms with Crippen molar-refractivity contribution >= 4 is 17.0 Å². The average Bonchev–Trinajstić information content (AvgIpc) is 2.90. The van der Waals surface area contributed by atoms with Gasteiger partial charge in [-0.1, -0.05) is 13.3 Å². The first kappa shape index (κ1) is 17.7. The van der Waals surface area contributed by atoms with E-state index in [0.29, 0.717) is 23.6 Å². The molecule has 138 valence electrons. The molecule has 1 fully saturated rings. The summed E-state index contributed by atoms with van der Waals surface area (Å²) in [5.41, 5.74) is 6.79. The molecule has 1 saturated heterocycles. The Hall–Kier alpha value is -2.09. The van der Waals surface area contributed by atoms with Crippen LogP contribution in [0.2, 0.25) is 0 Å². The van der Waals surface area contributed by atoms with Gasteiger partial charge in [-0.15, -0.1) is 0 Å². The molecule has 3 heterocycles. The Morgan fingerprint density at radius 1 is 1.40 bits per heavy atom. The number of rotatable bonds is 7. The topological polar surface area (TPSA) is 108 Å². The summed E-state index contributed by atoms with van der Waals surface area (Å²) in [6.45, 7) is 6.27. The number of ether oxygens (including phenoxy) is 2. The zero-order chi connectivity index (χ0) is 17.8. The lowest BCUT2D eigenvalue weighted by Gasteiger charge is -2.21. The van der Waals surface area contributed by atoms with E-state index in [2.05, 4.69) is 21.9 Å². The molecule has 0 saturated carbocycles. The van der Waals surface area contributed by atoms with E-state index >= 15 is 0 Å². The second-order valence-corrected chi connectivity index (χ2v) is 6.73. The molecule has 3 N–H and O–H groups in total. The summed E-state index contributed by atoms with van der Waals surface area (Å²) in [5, 5.41) is 0. The summed E-state index contributed by atoms with van der Waals surface area (Å²) in [7, 11) is 0. The van der Waals surface area contributed by atoms with Crippen LogP contribution < -0.4 is 16.2 Å². The van der Waals surface area contributed by atoms with Crippen LogP contribution in [0.15, 0.2) is 4.79 Å². The van der Waals surface area contributed by atoms with E-state index in [4.69, 9.17) is 15.2 Å². The number of nitrogen functional groups attached to an aromatic ring is 1. The minimum absolute atomic E-state index is 0.00297. The van der Waals surface area contributed by atoms with Crippen molar-refractivity contribution in [2.24, 2.45) is 5.92 Å². The number of hydrogen-bond acceptors (Lipinski definition) is 6. The van der Waals surface area contributed by atoms with Gasteiger partial charge in [-0.25, -0.2) is 4.79 Å². The van der Waals surface area contributed by atoms with E-state index in [9.17, 15) is 4.79 Å². The first-order chi connectivity index (χ1) is 12.1. The molecular formula is C17H27N5O3. The largest absolute Gasteiger partial charge is 0.460 e. The Bertz CT molecular complexity index is 763. The van der Waals surface area contributed by atoms with Crippen molar-refractivity contribution in [3.05, 3.63) is 10.5 Å². The van der Waals surface area contributed by atoms with Crippen molar-refractivity contribution in [2.75, 3.05) is 18.9 Å². The minimum atomic E-state index is -0.207. The van der Waals surface area contributed by atoms with Crippen LogP contribution in [0.1, 0.15) is 46.0 Å². The van der Waals surface area contributed by atoms with Gasteiger partial charge in [-0.05, 0) is 38.5 Å². The molecule has 1 atom stereocenters. The van der Waals surface area contributed by atoms with Crippen LogP contribution in [0.3, 0.4) is 0 Å². The standard InChI is InChI=1S/C17H27N5O3/c1-3-4-11(2)25-16-20-14(18)13-15(21-16)22(17(23)19-13)8-5-12-6-9-24-10-7-12/h11-12H,3-10H2,1-2H3,(H,19,23)(H2,18,20,21). The number of aromatic nitrogens is 4. The summed E-state index contributed by atoms with van der Waals surface area (Å²) < 4.78 is 12.8. The van der Waals surface area contributed by atoms with Gasteiger partial charge in [-0.3, -0.25) is 4.57 Å². The summed E-state index contributed by atoms with van der Waals surface area (Å²) in [5.74, 6) is 0.815. The summed E-state index contributed by atoms with van der Waals surface area (Å²) in [4.78, 5) is 23.7. The number of aromatic amines is 1. The van der Waals surface area contributed by atoms with E-state index in [1.54, 1.807) is 4.57 Å². The third-order valence-electron chi connectivity index (χ3n) is 4.73. The number of H-pyrrole nitrogens is 1. The fourth-order valence-corrected chi connectivity index (χ4v) is 3.28. The number of nitrogens with zero attached hydrogens (tertiary/aromatic N) is 3. The Balaban J connectivity index is 1.82. The second kappa shape index (κ2) is 7.86. The molecular weight excluding hydrogens is 322 g/mol. The van der Waals surface area contributed by atoms with Gasteiger partial charge in [0.25, 0.3) is 0 Å². The second-order valence-electron chi connectivity index (χ2n) is 6.73. The average molecular weight is 349 g/mol. The smallest absolute Gasteiger partial charge is 0.327 e. The van der Waals surface area contributed by atoms with Crippen molar-refractivity contribution in [1.29, 1.82) is 0 Å². The van der Waals surface area contributed by atoms with Gasteiger partial charge in [0, 0.05) is 19.8 Å². The van der Waals surface area contributed by atoms with Gasteiger partial charge >= 0.3 is 11.7 Å². The van der Waals surface area contributed by atoms with Crippen LogP contribution in [-0.4, -0.2) is 38.8 Å². The lowest BCUT2D eigenvalue weighted by atomic mass is 9.97. The Labute approximate surface area is 146 Å². The molecule has 0 spiro atoms. The fourth-order valence-electron chi connectivity index (χ4n) is 3.28. The SMILES string of the molecule is CCCC(C)Oc1nc(N)c2[nH]c(=O)n(CCC3CCOCC3)c2n1. The Kier molecular flexibility index (Phi) is 5.57. The van der Waals surface area contributed by atoms with Gasteiger partial charge < -0.3 is 20.2 Å². The summed E-state index contributed by atoms with van der Waals surface area (Å²) >= 11 is 0. The van der Waals surface area contributed by atoms with Gasteiger partial charge in [0.1, 0.15) is 5.52 Å². The van der Waals surface area contributed by atoms with Crippen molar-refractivity contribution in [3.8, 4) is 6.01 Å². The predicted octanol–water partition coefficient (Wildman–Crippen LogP) is 2.09. The Morgan fingerprint density at radius 2 is 2.16 bits per heavy atom. The number of aryl methyl sites for hydroxylation is 1. The predicted molar refractivity (Wildman–Crippen MR) is 95.7 cm³/mol. The Morgan fingerprint density at radius 3 is 2.88 bits per heavy atom. The third kappa shape index (κ3) is 4.12. The molecule has 0 amide bonds. The zero-order valence-electron chi connectivity index (χ0n) is 15.0. The maximum atomic E-state index is 12.3. The van der Waals surface area contributed by atoms with Gasteiger partial charge in [0.15, 0.2) is 11.5 Å². The van der Waals surface area contributed by atoms with Gasteiger partial charge in [0.2, 0.25) is 0 Å². The van der Waals surface area contributed by atoms with Crippen LogP contribution >= 0.6 is 0 Å². The fraction of sp³-hybridized carbons (Fsp3) is 0.706. The number of hydrogen-bond donors (Lipinski definition) is 2. The highest BCUT2D eigenvalue weighted by atomic mass is 16.5. The van der Waals surface area contributed by atoms with Crippen molar-refractivity contribution < 1.29 is 9.47 Å². The van der Waals surface area contributed by atoms with E-state index in [-0.39, 0.29) is 23.6 Å². The highest BCUT2D eigenvalue weighted by Gasteiger charge is 2.18. The number of fused-ring (bicyclic) bond motifs is 1. The lowest BCUT2D eigenvalue weighted by Crippen LogP contribution is -2.22. The molecule has 2 aromatic rings. The number of anilines is 1. The molecule has 0 bridgehead atoms. The maximum Gasteiger partial charge on any atom is 0.327 e. The van der Waals surface area contributed by atoms with Gasteiger partial charge in [-0.2, -0.15) is 9.97 Å². The third-order valence-corrected chi connectivity index (χ3v) is 4.73. The van der Waals surface area contributed by atoms with E-state index in [1.165, 1.54) is 0 Å². The van der Waals surface area contributed by atoms with Crippen molar-refractivity contribution in [3.63, 3.8) is 0 Å². The van der Waals surface area contributed by atoms with Crippen LogP contribution in [0.25, 0.3) is 11.2 Å². The quantitative estimate of drug-likeness (QED) is 0.792. The highest BCUT2D eigenvalue weighted by Crippen LogP contribution is 2.22. The first-order valence-corrected chi connectivity index (χ1v) is 9.09. The molecule has 1 aliphatic heterocycles. The molecule has 0 radical (unpaired) electrons. The lowest BCUT2D eigenvalue weighted by molar-refractivity contribution is 0.0626. The monoisotopic (exact) mass is 349 g/mol. The number of imidazole rings is 1. The first-order valence-electron chi connectivity index (χ1n) is 9.09. The molecule has 8 heteroatoms. The number of nitrogens with one attached hydrogen (secondary N) is 1. The minimum Gasteiger partial charge on any atom is -0.460 e. The maximum absolute atomic E-state index is 12.3. The summed E-state index contributed by atoms with van der Waals surface area (Å²) in [6, 6.07) is 0.227. The normalized spacial score (nSPS) is 17.0. The molecule has 0 aromatic carbocycles. The molecule has 25 heavy (non-hydrogen) atoms. The van der Waals surface area contributed by atoms with Gasteiger partial charge in [0.05, 0.1) is 6.10 Å². The molecule has 8 nitrogen and oxygen atoms in total.